The number of rotatable bonds is 3. The summed E-state index contributed by atoms with van der Waals surface area (Å²) >= 11 is 0. The van der Waals surface area contributed by atoms with Gasteiger partial charge in [0.25, 0.3) is 0 Å². The van der Waals surface area contributed by atoms with Crippen molar-refractivity contribution in [1.29, 1.82) is 0 Å². The molecule has 4 nitrogen and oxygen atoms in total. The molecule has 1 aliphatic carbocycles. The van der Waals surface area contributed by atoms with Crippen LogP contribution in [0, 0.1) is 5.92 Å². The summed E-state index contributed by atoms with van der Waals surface area (Å²) in [6.07, 6.45) is 3.03. The second kappa shape index (κ2) is 4.39. The molecule has 2 rings (SSSR count). The molecule has 4 heteroatoms. The lowest BCUT2D eigenvalue weighted by atomic mass is 10.1. The highest BCUT2D eigenvalue weighted by molar-refractivity contribution is 5.65. The number of nitrogens with zero attached hydrogens (tertiary/aromatic N) is 2. The normalized spacial score (nSPS) is 28.1. The minimum absolute atomic E-state index is 0.440. The van der Waals surface area contributed by atoms with Crippen molar-refractivity contribution in [2.75, 3.05) is 26.2 Å². The van der Waals surface area contributed by atoms with Crippen molar-refractivity contribution in [2.24, 2.45) is 5.92 Å². The Morgan fingerprint density at radius 1 is 1.40 bits per heavy atom. The molecule has 0 spiro atoms. The van der Waals surface area contributed by atoms with Gasteiger partial charge in [-0.2, -0.15) is 0 Å². The molecular formula is C11H20N2O2. The summed E-state index contributed by atoms with van der Waals surface area (Å²) < 4.78 is 0. The monoisotopic (exact) mass is 212 g/mol. The van der Waals surface area contributed by atoms with Crippen LogP contribution in [0.5, 0.6) is 0 Å². The van der Waals surface area contributed by atoms with Gasteiger partial charge in [0.15, 0.2) is 0 Å². The van der Waals surface area contributed by atoms with Gasteiger partial charge in [0.05, 0.1) is 0 Å². The van der Waals surface area contributed by atoms with Crippen LogP contribution < -0.4 is 0 Å². The van der Waals surface area contributed by atoms with Crippen LogP contribution in [0.25, 0.3) is 0 Å². The summed E-state index contributed by atoms with van der Waals surface area (Å²) in [5.74, 6) is 0.899. The Balaban J connectivity index is 1.88. The second-order valence-corrected chi connectivity index (χ2v) is 4.73. The lowest BCUT2D eigenvalue weighted by Crippen LogP contribution is -2.54. The predicted molar refractivity (Wildman–Crippen MR) is 58.0 cm³/mol. The van der Waals surface area contributed by atoms with Crippen LogP contribution in [0.2, 0.25) is 0 Å². The Labute approximate surface area is 90.9 Å². The molecule has 0 radical (unpaired) electrons. The van der Waals surface area contributed by atoms with Crippen LogP contribution in [-0.2, 0) is 0 Å². The van der Waals surface area contributed by atoms with Gasteiger partial charge >= 0.3 is 6.09 Å². The first-order valence-corrected chi connectivity index (χ1v) is 5.92. The SMILES string of the molecule is CCC1CN(C(=O)O)CCN1CC1CC1. The second-order valence-electron chi connectivity index (χ2n) is 4.73. The highest BCUT2D eigenvalue weighted by atomic mass is 16.4. The Morgan fingerprint density at radius 3 is 2.67 bits per heavy atom. The maximum Gasteiger partial charge on any atom is 0.407 e. The Morgan fingerprint density at radius 2 is 2.13 bits per heavy atom. The van der Waals surface area contributed by atoms with Crippen LogP contribution in [0.15, 0.2) is 0 Å². The first-order chi connectivity index (χ1) is 7.20. The van der Waals surface area contributed by atoms with Gasteiger partial charge in [-0.15, -0.1) is 0 Å². The Hall–Kier alpha value is -0.770. The molecular weight excluding hydrogens is 192 g/mol. The van der Waals surface area contributed by atoms with E-state index in [-0.39, 0.29) is 0 Å². The van der Waals surface area contributed by atoms with Crippen molar-refractivity contribution < 1.29 is 9.90 Å². The maximum atomic E-state index is 10.9. The summed E-state index contributed by atoms with van der Waals surface area (Å²) in [5, 5.41) is 8.94. The molecule has 1 N–H and O–H groups in total. The maximum absolute atomic E-state index is 10.9. The van der Waals surface area contributed by atoms with Gasteiger partial charge in [0, 0.05) is 32.2 Å². The summed E-state index contributed by atoms with van der Waals surface area (Å²) in [4.78, 5) is 14.9. The molecule has 1 unspecified atom stereocenters. The van der Waals surface area contributed by atoms with Crippen molar-refractivity contribution in [2.45, 2.75) is 32.2 Å². The Bertz CT molecular complexity index is 241. The average Bonchev–Trinajstić information content (AvgIpc) is 3.02. The molecule has 86 valence electrons. The van der Waals surface area contributed by atoms with E-state index < -0.39 is 6.09 Å². The average molecular weight is 212 g/mol. The molecule has 1 saturated carbocycles. The molecule has 2 fully saturated rings. The van der Waals surface area contributed by atoms with E-state index in [1.165, 1.54) is 19.4 Å². The van der Waals surface area contributed by atoms with Crippen molar-refractivity contribution in [1.82, 2.24) is 9.80 Å². The number of hydrogen-bond donors (Lipinski definition) is 1. The molecule has 15 heavy (non-hydrogen) atoms. The minimum atomic E-state index is -0.764. The van der Waals surface area contributed by atoms with Gasteiger partial charge in [0.1, 0.15) is 0 Å². The third-order valence-electron chi connectivity index (χ3n) is 3.54. The third-order valence-corrected chi connectivity index (χ3v) is 3.54. The zero-order chi connectivity index (χ0) is 10.8. The van der Waals surface area contributed by atoms with E-state index in [1.54, 1.807) is 4.90 Å². The fourth-order valence-corrected chi connectivity index (χ4v) is 2.33. The quantitative estimate of drug-likeness (QED) is 0.770. The van der Waals surface area contributed by atoms with Crippen molar-refractivity contribution in [3.8, 4) is 0 Å². The molecule has 0 aromatic rings. The number of amides is 1. The topological polar surface area (TPSA) is 43.8 Å². The van der Waals surface area contributed by atoms with E-state index in [4.69, 9.17) is 5.11 Å². The summed E-state index contributed by atoms with van der Waals surface area (Å²) in [6, 6.07) is 0.440. The van der Waals surface area contributed by atoms with Gasteiger partial charge in [-0.05, 0) is 25.2 Å². The van der Waals surface area contributed by atoms with Gasteiger partial charge in [-0.1, -0.05) is 6.92 Å². The van der Waals surface area contributed by atoms with Gasteiger partial charge in [0.2, 0.25) is 0 Å². The highest BCUT2D eigenvalue weighted by Gasteiger charge is 2.32. The summed E-state index contributed by atoms with van der Waals surface area (Å²) in [5.41, 5.74) is 0. The molecule has 1 aliphatic heterocycles. The summed E-state index contributed by atoms with van der Waals surface area (Å²) in [6.45, 7) is 5.63. The lowest BCUT2D eigenvalue weighted by Gasteiger charge is -2.40. The lowest BCUT2D eigenvalue weighted by molar-refractivity contribution is 0.0644. The molecule has 0 aromatic carbocycles. The van der Waals surface area contributed by atoms with E-state index in [9.17, 15) is 4.79 Å². The molecule has 1 amide bonds. The standard InChI is InChI=1S/C11H20N2O2/c1-2-10-8-13(11(14)15)6-5-12(10)7-9-3-4-9/h9-10H,2-8H2,1H3,(H,14,15). The molecule has 1 heterocycles. The van der Waals surface area contributed by atoms with E-state index >= 15 is 0 Å². The smallest absolute Gasteiger partial charge is 0.407 e. The van der Waals surface area contributed by atoms with Crippen molar-refractivity contribution >= 4 is 6.09 Å². The first kappa shape index (κ1) is 10.7. The van der Waals surface area contributed by atoms with Crippen LogP contribution >= 0.6 is 0 Å². The van der Waals surface area contributed by atoms with Crippen LogP contribution in [0.1, 0.15) is 26.2 Å². The van der Waals surface area contributed by atoms with E-state index in [2.05, 4.69) is 11.8 Å². The molecule has 2 aliphatic rings. The van der Waals surface area contributed by atoms with Gasteiger partial charge < -0.3 is 10.0 Å². The molecule has 0 aromatic heterocycles. The first-order valence-electron chi connectivity index (χ1n) is 5.92. The minimum Gasteiger partial charge on any atom is -0.465 e. The van der Waals surface area contributed by atoms with Crippen LogP contribution in [0.4, 0.5) is 4.79 Å². The van der Waals surface area contributed by atoms with Gasteiger partial charge in [-0.25, -0.2) is 4.79 Å². The summed E-state index contributed by atoms with van der Waals surface area (Å²) in [7, 11) is 0. The number of hydrogen-bond acceptors (Lipinski definition) is 2. The third kappa shape index (κ3) is 2.62. The fourth-order valence-electron chi connectivity index (χ4n) is 2.33. The largest absolute Gasteiger partial charge is 0.465 e. The van der Waals surface area contributed by atoms with Crippen molar-refractivity contribution in [3.63, 3.8) is 0 Å². The van der Waals surface area contributed by atoms with Crippen LogP contribution in [-0.4, -0.2) is 53.2 Å². The highest BCUT2D eigenvalue weighted by Crippen LogP contribution is 2.31. The van der Waals surface area contributed by atoms with E-state index in [0.29, 0.717) is 19.1 Å². The number of carboxylic acid groups (broad SMARTS) is 1. The van der Waals surface area contributed by atoms with Crippen LogP contribution in [0.3, 0.4) is 0 Å². The number of carbonyl (C=O) groups is 1. The van der Waals surface area contributed by atoms with E-state index in [1.807, 2.05) is 0 Å². The predicted octanol–water partition coefficient (Wildman–Crippen LogP) is 1.47. The van der Waals surface area contributed by atoms with E-state index in [0.717, 1.165) is 18.9 Å². The molecule has 1 atom stereocenters. The molecule has 0 bridgehead atoms. The number of piperazine rings is 1. The fraction of sp³-hybridized carbons (Fsp3) is 0.909. The van der Waals surface area contributed by atoms with Crippen molar-refractivity contribution in [3.05, 3.63) is 0 Å². The zero-order valence-electron chi connectivity index (χ0n) is 9.35. The molecule has 1 saturated heterocycles. The zero-order valence-corrected chi connectivity index (χ0v) is 9.35. The Kier molecular flexibility index (Phi) is 3.14. The van der Waals surface area contributed by atoms with Gasteiger partial charge in [-0.3, -0.25) is 4.90 Å².